The minimum absolute atomic E-state index is 0.282. The van der Waals surface area contributed by atoms with Gasteiger partial charge in [-0.05, 0) is 31.7 Å². The molecule has 1 atom stereocenters. The molecule has 0 saturated carbocycles. The van der Waals surface area contributed by atoms with E-state index in [9.17, 15) is 8.78 Å². The van der Waals surface area contributed by atoms with Crippen molar-refractivity contribution >= 4 is 0 Å². The lowest BCUT2D eigenvalue weighted by atomic mass is 10.1. The largest absolute Gasteiger partial charge is 0.342 e. The van der Waals surface area contributed by atoms with Gasteiger partial charge in [0.25, 0.3) is 0 Å². The van der Waals surface area contributed by atoms with Crippen molar-refractivity contribution in [3.8, 4) is 11.3 Å². The summed E-state index contributed by atoms with van der Waals surface area (Å²) in [7, 11) is 1.89. The van der Waals surface area contributed by atoms with Crippen molar-refractivity contribution in [2.24, 2.45) is 0 Å². The summed E-state index contributed by atoms with van der Waals surface area (Å²) in [6, 6.07) is 3.83. The third-order valence-corrected chi connectivity index (χ3v) is 3.16. The molecule has 0 aliphatic rings. The second kappa shape index (κ2) is 5.93. The Morgan fingerprint density at radius 3 is 2.74 bits per heavy atom. The van der Waals surface area contributed by atoms with E-state index in [4.69, 9.17) is 0 Å². The van der Waals surface area contributed by atoms with Gasteiger partial charge in [-0.15, -0.1) is 0 Å². The third-order valence-electron chi connectivity index (χ3n) is 3.16. The molecule has 2 aromatic rings. The van der Waals surface area contributed by atoms with Gasteiger partial charge in [0.1, 0.15) is 5.82 Å². The Morgan fingerprint density at radius 1 is 1.32 bits per heavy atom. The minimum Gasteiger partial charge on any atom is -0.342 e. The van der Waals surface area contributed by atoms with Crippen LogP contribution in [0.15, 0.2) is 24.4 Å². The topological polar surface area (TPSA) is 40.7 Å². The summed E-state index contributed by atoms with van der Waals surface area (Å²) in [4.78, 5) is 7.49. The number of halogens is 2. The van der Waals surface area contributed by atoms with E-state index in [1.807, 2.05) is 7.05 Å². The van der Waals surface area contributed by atoms with Crippen molar-refractivity contribution in [1.82, 2.24) is 15.3 Å². The quantitative estimate of drug-likeness (QED) is 0.872. The Kier molecular flexibility index (Phi) is 4.27. The van der Waals surface area contributed by atoms with Crippen LogP contribution in [0.2, 0.25) is 0 Å². The predicted octanol–water partition coefficient (Wildman–Crippen LogP) is 3.07. The van der Waals surface area contributed by atoms with E-state index in [0.717, 1.165) is 24.9 Å². The number of aromatic nitrogens is 2. The maximum Gasteiger partial charge on any atom is 0.159 e. The second-order valence-electron chi connectivity index (χ2n) is 4.47. The highest BCUT2D eigenvalue weighted by atomic mass is 19.2. The molecular weight excluding hydrogens is 248 g/mol. The molecule has 0 saturated heterocycles. The molecule has 1 aromatic carbocycles. The molecule has 19 heavy (non-hydrogen) atoms. The molecule has 0 bridgehead atoms. The van der Waals surface area contributed by atoms with Crippen LogP contribution in [0.25, 0.3) is 11.3 Å². The number of benzene rings is 1. The first-order chi connectivity index (χ1) is 9.15. The van der Waals surface area contributed by atoms with E-state index in [2.05, 4.69) is 22.2 Å². The molecule has 0 amide bonds. The van der Waals surface area contributed by atoms with Gasteiger partial charge in [0.15, 0.2) is 11.6 Å². The number of imidazole rings is 1. The SMILES string of the molecule is CCC(CNC)c1ncc(-c2ccc(F)c(F)c2)[nH]1. The minimum atomic E-state index is -0.851. The Morgan fingerprint density at radius 2 is 2.11 bits per heavy atom. The fourth-order valence-electron chi connectivity index (χ4n) is 2.04. The standard InChI is InChI=1S/C14H17F2N3/c1-3-9(7-17-2)14-18-8-13(19-14)10-4-5-11(15)12(16)6-10/h4-6,8-9,17H,3,7H2,1-2H3,(H,18,19). The first-order valence-electron chi connectivity index (χ1n) is 6.30. The molecule has 0 aliphatic carbocycles. The molecular formula is C14H17F2N3. The number of nitrogens with one attached hydrogen (secondary N) is 2. The van der Waals surface area contributed by atoms with Gasteiger partial charge in [0, 0.05) is 18.0 Å². The number of nitrogens with zero attached hydrogens (tertiary/aromatic N) is 1. The zero-order valence-corrected chi connectivity index (χ0v) is 11.0. The monoisotopic (exact) mass is 265 g/mol. The fourth-order valence-corrected chi connectivity index (χ4v) is 2.04. The fraction of sp³-hybridized carbons (Fsp3) is 0.357. The highest BCUT2D eigenvalue weighted by Crippen LogP contribution is 2.23. The Balaban J connectivity index is 2.27. The number of aromatic amines is 1. The average molecular weight is 265 g/mol. The van der Waals surface area contributed by atoms with Gasteiger partial charge in [-0.25, -0.2) is 13.8 Å². The summed E-state index contributed by atoms with van der Waals surface area (Å²) in [5.41, 5.74) is 1.29. The van der Waals surface area contributed by atoms with Crippen molar-refractivity contribution in [2.75, 3.05) is 13.6 Å². The van der Waals surface area contributed by atoms with Crippen LogP contribution < -0.4 is 5.32 Å². The molecule has 0 spiro atoms. The van der Waals surface area contributed by atoms with Gasteiger partial charge in [-0.2, -0.15) is 0 Å². The van der Waals surface area contributed by atoms with Crippen molar-refractivity contribution in [3.05, 3.63) is 41.9 Å². The van der Waals surface area contributed by atoms with E-state index in [0.29, 0.717) is 11.3 Å². The lowest BCUT2D eigenvalue weighted by molar-refractivity contribution is 0.509. The first kappa shape index (κ1) is 13.7. The van der Waals surface area contributed by atoms with Crippen LogP contribution in [0, 0.1) is 11.6 Å². The molecule has 0 aliphatic heterocycles. The summed E-state index contributed by atoms with van der Waals surface area (Å²) in [5, 5.41) is 3.11. The maximum absolute atomic E-state index is 13.2. The highest BCUT2D eigenvalue weighted by Gasteiger charge is 2.13. The van der Waals surface area contributed by atoms with Gasteiger partial charge in [0.05, 0.1) is 11.9 Å². The molecule has 1 heterocycles. The van der Waals surface area contributed by atoms with Crippen LogP contribution in [-0.2, 0) is 0 Å². The van der Waals surface area contributed by atoms with Crippen LogP contribution in [-0.4, -0.2) is 23.6 Å². The van der Waals surface area contributed by atoms with Crippen LogP contribution in [0.5, 0.6) is 0 Å². The van der Waals surface area contributed by atoms with E-state index >= 15 is 0 Å². The van der Waals surface area contributed by atoms with E-state index in [-0.39, 0.29) is 5.92 Å². The smallest absolute Gasteiger partial charge is 0.159 e. The van der Waals surface area contributed by atoms with Crippen molar-refractivity contribution in [2.45, 2.75) is 19.3 Å². The molecule has 0 radical (unpaired) electrons. The zero-order valence-electron chi connectivity index (χ0n) is 11.0. The van der Waals surface area contributed by atoms with Crippen LogP contribution >= 0.6 is 0 Å². The van der Waals surface area contributed by atoms with E-state index in [1.165, 1.54) is 12.1 Å². The first-order valence-corrected chi connectivity index (χ1v) is 6.30. The van der Waals surface area contributed by atoms with Crippen LogP contribution in [0.3, 0.4) is 0 Å². The van der Waals surface area contributed by atoms with Gasteiger partial charge in [0.2, 0.25) is 0 Å². The molecule has 2 rings (SSSR count). The summed E-state index contributed by atoms with van der Waals surface area (Å²) >= 11 is 0. The molecule has 102 valence electrons. The maximum atomic E-state index is 13.2. The molecule has 3 nitrogen and oxygen atoms in total. The summed E-state index contributed by atoms with van der Waals surface area (Å²) < 4.78 is 26.1. The number of hydrogen-bond acceptors (Lipinski definition) is 2. The van der Waals surface area contributed by atoms with Gasteiger partial charge in [-0.3, -0.25) is 0 Å². The van der Waals surface area contributed by atoms with E-state index in [1.54, 1.807) is 6.20 Å². The number of hydrogen-bond donors (Lipinski definition) is 2. The summed E-state index contributed by atoms with van der Waals surface area (Å²) in [6.45, 7) is 2.91. The Labute approximate surface area is 111 Å². The van der Waals surface area contributed by atoms with E-state index < -0.39 is 11.6 Å². The zero-order chi connectivity index (χ0) is 13.8. The molecule has 2 N–H and O–H groups in total. The van der Waals surface area contributed by atoms with Crippen molar-refractivity contribution < 1.29 is 8.78 Å². The average Bonchev–Trinajstić information content (AvgIpc) is 2.88. The number of likely N-dealkylation sites (N-methyl/N-ethyl adjacent to an activating group) is 1. The third kappa shape index (κ3) is 2.98. The highest BCUT2D eigenvalue weighted by molar-refractivity contribution is 5.58. The lowest BCUT2D eigenvalue weighted by Crippen LogP contribution is -2.17. The van der Waals surface area contributed by atoms with Gasteiger partial charge < -0.3 is 10.3 Å². The van der Waals surface area contributed by atoms with Crippen LogP contribution in [0.4, 0.5) is 8.78 Å². The van der Waals surface area contributed by atoms with Crippen molar-refractivity contribution in [3.63, 3.8) is 0 Å². The number of H-pyrrole nitrogens is 1. The number of rotatable bonds is 5. The summed E-state index contributed by atoms with van der Waals surface area (Å²) in [6.07, 6.45) is 2.60. The molecule has 1 unspecified atom stereocenters. The molecule has 5 heteroatoms. The predicted molar refractivity (Wildman–Crippen MR) is 70.9 cm³/mol. The summed E-state index contributed by atoms with van der Waals surface area (Å²) in [5.74, 6) is -0.554. The van der Waals surface area contributed by atoms with Crippen LogP contribution in [0.1, 0.15) is 25.1 Å². The Bertz CT molecular complexity index is 551. The Hall–Kier alpha value is -1.75. The van der Waals surface area contributed by atoms with Gasteiger partial charge >= 0.3 is 0 Å². The van der Waals surface area contributed by atoms with Crippen molar-refractivity contribution in [1.29, 1.82) is 0 Å². The van der Waals surface area contributed by atoms with Gasteiger partial charge in [-0.1, -0.05) is 6.92 Å². The lowest BCUT2D eigenvalue weighted by Gasteiger charge is -2.10. The second-order valence-corrected chi connectivity index (χ2v) is 4.47. The molecule has 0 fully saturated rings. The molecule has 1 aromatic heterocycles. The normalized spacial score (nSPS) is 12.6.